The summed E-state index contributed by atoms with van der Waals surface area (Å²) in [5.41, 5.74) is 0.664. The van der Waals surface area contributed by atoms with E-state index in [0.717, 1.165) is 25.8 Å². The monoisotopic (exact) mass is 324 g/mol. The molecular weight excluding hydrogens is 300 g/mol. The van der Waals surface area contributed by atoms with Crippen LogP contribution in [0.15, 0.2) is 24.3 Å². The molecule has 0 radical (unpaired) electrons. The lowest BCUT2D eigenvalue weighted by atomic mass is 10.0. The highest BCUT2D eigenvalue weighted by atomic mass is 35.5. The van der Waals surface area contributed by atoms with Gasteiger partial charge in [-0.2, -0.15) is 0 Å². The highest BCUT2D eigenvalue weighted by Crippen LogP contribution is 2.17. The largest absolute Gasteiger partial charge is 0.390 e. The number of carbonyl (C=O) groups excluding carboxylic acids is 1. The van der Waals surface area contributed by atoms with E-state index in [4.69, 9.17) is 11.6 Å². The summed E-state index contributed by atoms with van der Waals surface area (Å²) in [5, 5.41) is 10.1. The minimum absolute atomic E-state index is 0.0267. The number of halogens is 1. The molecule has 1 N–H and O–H groups in total. The Hall–Kier alpha value is -1.10. The van der Waals surface area contributed by atoms with E-state index in [0.29, 0.717) is 23.7 Å². The molecule has 1 aliphatic heterocycles. The lowest BCUT2D eigenvalue weighted by Crippen LogP contribution is -2.55. The number of nitrogens with zero attached hydrogens (tertiary/aromatic N) is 2. The number of β-amino-alcohol motifs (C(OH)–C–C–N with tert-alkyl or cyclic N) is 1. The van der Waals surface area contributed by atoms with Crippen molar-refractivity contribution in [2.24, 2.45) is 0 Å². The molecule has 122 valence electrons. The first-order chi connectivity index (χ1) is 10.5. The molecule has 0 saturated carbocycles. The fourth-order valence-corrected chi connectivity index (χ4v) is 2.92. The Morgan fingerprint density at radius 1 is 1.41 bits per heavy atom. The van der Waals surface area contributed by atoms with Crippen LogP contribution in [0.3, 0.4) is 0 Å². The molecule has 0 bridgehead atoms. The molecule has 5 heteroatoms. The van der Waals surface area contributed by atoms with Crippen molar-refractivity contribution in [1.82, 2.24) is 9.80 Å². The standard InChI is InChI=1S/C17H25ClN2O2/c1-3-4-5-15(10-20-11-16(21)12-20)19(2)17(22)13-6-8-14(18)9-7-13/h6-9,15-16,21H,3-5,10-12H2,1-2H3/t15-/m0/s1. The molecule has 0 spiro atoms. The van der Waals surface area contributed by atoms with Crippen molar-refractivity contribution in [3.63, 3.8) is 0 Å². The Morgan fingerprint density at radius 3 is 2.59 bits per heavy atom. The Bertz CT molecular complexity index is 486. The van der Waals surface area contributed by atoms with Gasteiger partial charge in [0.2, 0.25) is 0 Å². The molecule has 1 aliphatic rings. The van der Waals surface area contributed by atoms with Crippen molar-refractivity contribution < 1.29 is 9.90 Å². The Morgan fingerprint density at radius 2 is 2.05 bits per heavy atom. The number of amides is 1. The molecule has 0 aliphatic carbocycles. The molecule has 1 fully saturated rings. The van der Waals surface area contributed by atoms with E-state index in [1.54, 1.807) is 24.3 Å². The van der Waals surface area contributed by atoms with E-state index in [9.17, 15) is 9.90 Å². The van der Waals surface area contributed by atoms with Crippen LogP contribution in [0.1, 0.15) is 36.5 Å². The van der Waals surface area contributed by atoms with Crippen molar-refractivity contribution >= 4 is 17.5 Å². The molecular formula is C17H25ClN2O2. The minimum Gasteiger partial charge on any atom is -0.390 e. The number of aliphatic hydroxyl groups is 1. The van der Waals surface area contributed by atoms with Crippen molar-refractivity contribution in [3.05, 3.63) is 34.9 Å². The van der Waals surface area contributed by atoms with Gasteiger partial charge in [0.15, 0.2) is 0 Å². The van der Waals surface area contributed by atoms with Gasteiger partial charge in [0.1, 0.15) is 0 Å². The second-order valence-corrected chi connectivity index (χ2v) is 6.53. The summed E-state index contributed by atoms with van der Waals surface area (Å²) in [6.07, 6.45) is 2.99. The van der Waals surface area contributed by atoms with E-state index >= 15 is 0 Å². The molecule has 1 aromatic rings. The van der Waals surface area contributed by atoms with Crippen LogP contribution in [-0.4, -0.2) is 59.6 Å². The SMILES string of the molecule is CCCC[C@@H](CN1CC(O)C1)N(C)C(=O)c1ccc(Cl)cc1. The third-order valence-corrected chi connectivity index (χ3v) is 4.51. The van der Waals surface area contributed by atoms with E-state index in [1.807, 2.05) is 11.9 Å². The van der Waals surface area contributed by atoms with Crippen molar-refractivity contribution in [1.29, 1.82) is 0 Å². The van der Waals surface area contributed by atoms with E-state index in [-0.39, 0.29) is 18.1 Å². The highest BCUT2D eigenvalue weighted by molar-refractivity contribution is 6.30. The molecule has 0 aromatic heterocycles. The number of rotatable bonds is 7. The maximum Gasteiger partial charge on any atom is 0.253 e. The number of carbonyl (C=O) groups is 1. The first-order valence-corrected chi connectivity index (χ1v) is 8.32. The molecule has 1 saturated heterocycles. The van der Waals surface area contributed by atoms with Crippen molar-refractivity contribution in [2.75, 3.05) is 26.7 Å². The molecule has 1 amide bonds. The summed E-state index contributed by atoms with van der Waals surface area (Å²) in [6.45, 7) is 4.41. The van der Waals surface area contributed by atoms with Gasteiger partial charge < -0.3 is 10.0 Å². The van der Waals surface area contributed by atoms with Gasteiger partial charge in [0, 0.05) is 43.3 Å². The van der Waals surface area contributed by atoms with Crippen LogP contribution in [-0.2, 0) is 0 Å². The molecule has 1 atom stereocenters. The van der Waals surface area contributed by atoms with Gasteiger partial charge >= 0.3 is 0 Å². The van der Waals surface area contributed by atoms with Gasteiger partial charge in [0.25, 0.3) is 5.91 Å². The number of aliphatic hydroxyl groups excluding tert-OH is 1. The molecule has 1 heterocycles. The normalized spacial score (nSPS) is 17.1. The first kappa shape index (κ1) is 17.3. The lowest BCUT2D eigenvalue weighted by molar-refractivity contribution is -0.0114. The summed E-state index contributed by atoms with van der Waals surface area (Å²) >= 11 is 5.88. The first-order valence-electron chi connectivity index (χ1n) is 7.94. The molecule has 4 nitrogen and oxygen atoms in total. The van der Waals surface area contributed by atoms with Gasteiger partial charge in [-0.3, -0.25) is 9.69 Å². The van der Waals surface area contributed by atoms with Crippen LogP contribution in [0.5, 0.6) is 0 Å². The van der Waals surface area contributed by atoms with Crippen LogP contribution in [0, 0.1) is 0 Å². The lowest BCUT2D eigenvalue weighted by Gasteiger charge is -2.40. The number of hydrogen-bond donors (Lipinski definition) is 1. The number of unbranched alkanes of at least 4 members (excludes halogenated alkanes) is 1. The second kappa shape index (κ2) is 7.95. The quantitative estimate of drug-likeness (QED) is 0.838. The van der Waals surface area contributed by atoms with Crippen LogP contribution in [0.2, 0.25) is 5.02 Å². The molecule has 2 rings (SSSR count). The van der Waals surface area contributed by atoms with E-state index in [1.165, 1.54) is 0 Å². The van der Waals surface area contributed by atoms with Crippen LogP contribution in [0.4, 0.5) is 0 Å². The Labute approximate surface area is 137 Å². The summed E-state index contributed by atoms with van der Waals surface area (Å²) in [7, 11) is 1.87. The number of likely N-dealkylation sites (N-methyl/N-ethyl adjacent to an activating group) is 1. The van der Waals surface area contributed by atoms with Crippen LogP contribution >= 0.6 is 11.6 Å². The average molecular weight is 325 g/mol. The fourth-order valence-electron chi connectivity index (χ4n) is 2.80. The Balaban J connectivity index is 2.01. The number of hydrogen-bond acceptors (Lipinski definition) is 3. The Kier molecular flexibility index (Phi) is 6.24. The smallest absolute Gasteiger partial charge is 0.253 e. The zero-order valence-electron chi connectivity index (χ0n) is 13.3. The summed E-state index contributed by atoms with van der Waals surface area (Å²) < 4.78 is 0. The molecule has 0 unspecified atom stereocenters. The van der Waals surface area contributed by atoms with Crippen LogP contribution in [0.25, 0.3) is 0 Å². The minimum atomic E-state index is -0.205. The predicted molar refractivity (Wildman–Crippen MR) is 89.3 cm³/mol. The van der Waals surface area contributed by atoms with Crippen molar-refractivity contribution in [3.8, 4) is 0 Å². The third-order valence-electron chi connectivity index (χ3n) is 4.26. The van der Waals surface area contributed by atoms with Crippen molar-refractivity contribution in [2.45, 2.75) is 38.3 Å². The number of likely N-dealkylation sites (tertiary alicyclic amines) is 1. The maximum atomic E-state index is 12.6. The summed E-state index contributed by atoms with van der Waals surface area (Å²) in [4.78, 5) is 16.7. The predicted octanol–water partition coefficient (Wildman–Crippen LogP) is 2.65. The summed E-state index contributed by atoms with van der Waals surface area (Å²) in [5.74, 6) is 0.0267. The van der Waals surface area contributed by atoms with Gasteiger partial charge in [-0.25, -0.2) is 0 Å². The van der Waals surface area contributed by atoms with E-state index < -0.39 is 0 Å². The van der Waals surface area contributed by atoms with Crippen LogP contribution < -0.4 is 0 Å². The molecule has 22 heavy (non-hydrogen) atoms. The van der Waals surface area contributed by atoms with Gasteiger partial charge in [-0.05, 0) is 30.7 Å². The summed E-state index contributed by atoms with van der Waals surface area (Å²) in [6, 6.07) is 7.21. The fraction of sp³-hybridized carbons (Fsp3) is 0.588. The van der Waals surface area contributed by atoms with Gasteiger partial charge in [0.05, 0.1) is 6.10 Å². The van der Waals surface area contributed by atoms with Gasteiger partial charge in [-0.15, -0.1) is 0 Å². The molecule has 1 aromatic carbocycles. The maximum absolute atomic E-state index is 12.6. The zero-order chi connectivity index (χ0) is 16.1. The van der Waals surface area contributed by atoms with Gasteiger partial charge in [-0.1, -0.05) is 31.4 Å². The topological polar surface area (TPSA) is 43.8 Å². The van der Waals surface area contributed by atoms with E-state index in [2.05, 4.69) is 11.8 Å². The number of benzene rings is 1. The zero-order valence-corrected chi connectivity index (χ0v) is 14.1. The third kappa shape index (κ3) is 4.45. The highest BCUT2D eigenvalue weighted by Gasteiger charge is 2.29. The second-order valence-electron chi connectivity index (χ2n) is 6.09. The average Bonchev–Trinajstić information content (AvgIpc) is 2.48.